The van der Waals surface area contributed by atoms with Crippen LogP contribution in [0.5, 0.6) is 0 Å². The summed E-state index contributed by atoms with van der Waals surface area (Å²) >= 11 is 0. The SMILES string of the molecule is c1ccc2c(c1)CC(N1CCN3CCCC3C1)C2. The quantitative estimate of drug-likeness (QED) is 0.742. The van der Waals surface area contributed by atoms with Gasteiger partial charge >= 0.3 is 0 Å². The zero-order valence-corrected chi connectivity index (χ0v) is 11.0. The van der Waals surface area contributed by atoms with Gasteiger partial charge in [-0.15, -0.1) is 0 Å². The lowest BCUT2D eigenvalue weighted by Crippen LogP contribution is -2.53. The van der Waals surface area contributed by atoms with Gasteiger partial charge in [0.1, 0.15) is 0 Å². The molecule has 0 bridgehead atoms. The monoisotopic (exact) mass is 242 g/mol. The number of hydrogen-bond donors (Lipinski definition) is 0. The topological polar surface area (TPSA) is 6.48 Å². The standard InChI is InChI=1S/C16H22N2/c1-2-5-14-11-16(10-13(14)4-1)18-9-8-17-7-3-6-15(17)12-18/h1-2,4-5,15-16H,3,6-12H2. The van der Waals surface area contributed by atoms with Crippen LogP contribution in [0.4, 0.5) is 0 Å². The molecule has 0 N–H and O–H groups in total. The van der Waals surface area contributed by atoms with Crippen LogP contribution < -0.4 is 0 Å². The molecule has 1 aromatic rings. The predicted octanol–water partition coefficient (Wildman–Crippen LogP) is 1.93. The third kappa shape index (κ3) is 1.79. The molecule has 4 rings (SSSR count). The van der Waals surface area contributed by atoms with Crippen LogP contribution in [0, 0.1) is 0 Å². The molecule has 2 heterocycles. The smallest absolute Gasteiger partial charge is 0.0224 e. The first-order valence-corrected chi connectivity index (χ1v) is 7.45. The van der Waals surface area contributed by atoms with E-state index in [0.29, 0.717) is 0 Å². The summed E-state index contributed by atoms with van der Waals surface area (Å²) in [6.45, 7) is 5.26. The molecule has 96 valence electrons. The molecule has 1 atom stereocenters. The van der Waals surface area contributed by atoms with Gasteiger partial charge in [-0.1, -0.05) is 24.3 Å². The molecule has 18 heavy (non-hydrogen) atoms. The molecule has 2 saturated heterocycles. The highest BCUT2D eigenvalue weighted by Crippen LogP contribution is 2.29. The summed E-state index contributed by atoms with van der Waals surface area (Å²) in [6, 6.07) is 10.7. The minimum Gasteiger partial charge on any atom is -0.298 e. The van der Waals surface area contributed by atoms with Crippen molar-refractivity contribution in [1.82, 2.24) is 9.80 Å². The summed E-state index contributed by atoms with van der Waals surface area (Å²) < 4.78 is 0. The molecule has 0 spiro atoms. The Morgan fingerprint density at radius 3 is 2.33 bits per heavy atom. The second-order valence-corrected chi connectivity index (χ2v) is 6.16. The number of piperazine rings is 1. The van der Waals surface area contributed by atoms with E-state index in [-0.39, 0.29) is 0 Å². The minimum atomic E-state index is 0.783. The lowest BCUT2D eigenvalue weighted by molar-refractivity contribution is 0.0745. The maximum atomic E-state index is 2.77. The summed E-state index contributed by atoms with van der Waals surface area (Å²) in [5.74, 6) is 0. The van der Waals surface area contributed by atoms with Crippen LogP contribution in [0.15, 0.2) is 24.3 Å². The van der Waals surface area contributed by atoms with Crippen LogP contribution in [0.25, 0.3) is 0 Å². The Hall–Kier alpha value is -0.860. The van der Waals surface area contributed by atoms with E-state index in [1.807, 2.05) is 0 Å². The van der Waals surface area contributed by atoms with Crippen LogP contribution in [-0.2, 0) is 12.8 Å². The summed E-state index contributed by atoms with van der Waals surface area (Å²) in [6.07, 6.45) is 5.41. The molecular formula is C16H22N2. The molecule has 0 amide bonds. The molecule has 0 radical (unpaired) electrons. The summed E-state index contributed by atoms with van der Waals surface area (Å²) in [7, 11) is 0. The molecular weight excluding hydrogens is 220 g/mol. The van der Waals surface area contributed by atoms with Crippen molar-refractivity contribution in [3.8, 4) is 0 Å². The van der Waals surface area contributed by atoms with Gasteiger partial charge in [-0.3, -0.25) is 9.80 Å². The molecule has 2 aliphatic heterocycles. The van der Waals surface area contributed by atoms with E-state index in [1.54, 1.807) is 11.1 Å². The third-order valence-electron chi connectivity index (χ3n) is 5.16. The highest BCUT2D eigenvalue weighted by molar-refractivity contribution is 5.33. The van der Waals surface area contributed by atoms with E-state index in [2.05, 4.69) is 34.1 Å². The molecule has 1 aromatic carbocycles. The predicted molar refractivity (Wildman–Crippen MR) is 73.8 cm³/mol. The Morgan fingerprint density at radius 2 is 1.56 bits per heavy atom. The molecule has 1 unspecified atom stereocenters. The van der Waals surface area contributed by atoms with Crippen LogP contribution in [0.3, 0.4) is 0 Å². The average molecular weight is 242 g/mol. The first-order valence-electron chi connectivity index (χ1n) is 7.45. The van der Waals surface area contributed by atoms with Gasteiger partial charge in [0, 0.05) is 31.7 Å². The van der Waals surface area contributed by atoms with Crippen molar-refractivity contribution in [3.63, 3.8) is 0 Å². The van der Waals surface area contributed by atoms with Gasteiger partial charge in [0.25, 0.3) is 0 Å². The zero-order valence-electron chi connectivity index (χ0n) is 11.0. The fourth-order valence-electron chi connectivity index (χ4n) is 4.14. The number of hydrogen-bond acceptors (Lipinski definition) is 2. The Morgan fingerprint density at radius 1 is 0.833 bits per heavy atom. The van der Waals surface area contributed by atoms with E-state index in [4.69, 9.17) is 0 Å². The first kappa shape index (κ1) is 11.0. The zero-order chi connectivity index (χ0) is 11.9. The van der Waals surface area contributed by atoms with Gasteiger partial charge in [0.05, 0.1) is 0 Å². The Bertz CT molecular complexity index is 417. The largest absolute Gasteiger partial charge is 0.298 e. The van der Waals surface area contributed by atoms with Gasteiger partial charge < -0.3 is 0 Å². The summed E-state index contributed by atoms with van der Waals surface area (Å²) in [5, 5.41) is 0. The van der Waals surface area contributed by atoms with E-state index < -0.39 is 0 Å². The van der Waals surface area contributed by atoms with Crippen molar-refractivity contribution < 1.29 is 0 Å². The van der Waals surface area contributed by atoms with Gasteiger partial charge in [0.15, 0.2) is 0 Å². The Balaban J connectivity index is 1.47. The number of benzene rings is 1. The van der Waals surface area contributed by atoms with Crippen molar-refractivity contribution in [2.75, 3.05) is 26.2 Å². The minimum absolute atomic E-state index is 0.783. The van der Waals surface area contributed by atoms with Gasteiger partial charge in [0.2, 0.25) is 0 Å². The normalized spacial score (nSPS) is 29.4. The first-order chi connectivity index (χ1) is 8.90. The molecule has 1 aliphatic carbocycles. The molecule has 3 aliphatic rings. The van der Waals surface area contributed by atoms with Crippen molar-refractivity contribution in [1.29, 1.82) is 0 Å². The van der Waals surface area contributed by atoms with Crippen molar-refractivity contribution in [2.24, 2.45) is 0 Å². The molecule has 2 heteroatoms. The van der Waals surface area contributed by atoms with Crippen LogP contribution in [0.1, 0.15) is 24.0 Å². The second-order valence-electron chi connectivity index (χ2n) is 6.16. The summed E-state index contributed by atoms with van der Waals surface area (Å²) in [4.78, 5) is 5.48. The van der Waals surface area contributed by atoms with E-state index in [9.17, 15) is 0 Å². The van der Waals surface area contributed by atoms with E-state index in [0.717, 1.165) is 12.1 Å². The number of rotatable bonds is 1. The average Bonchev–Trinajstić information content (AvgIpc) is 3.04. The fraction of sp³-hybridized carbons (Fsp3) is 0.625. The highest BCUT2D eigenvalue weighted by Gasteiger charge is 2.35. The third-order valence-corrected chi connectivity index (χ3v) is 5.16. The van der Waals surface area contributed by atoms with Crippen molar-refractivity contribution >= 4 is 0 Å². The van der Waals surface area contributed by atoms with Gasteiger partial charge in [-0.05, 0) is 43.4 Å². The Labute approximate surface area is 110 Å². The van der Waals surface area contributed by atoms with Gasteiger partial charge in [-0.2, -0.15) is 0 Å². The molecule has 2 fully saturated rings. The highest BCUT2D eigenvalue weighted by atomic mass is 15.3. The Kier molecular flexibility index (Phi) is 2.66. The van der Waals surface area contributed by atoms with Gasteiger partial charge in [-0.25, -0.2) is 0 Å². The van der Waals surface area contributed by atoms with Crippen molar-refractivity contribution in [3.05, 3.63) is 35.4 Å². The van der Waals surface area contributed by atoms with E-state index >= 15 is 0 Å². The van der Waals surface area contributed by atoms with Crippen LogP contribution in [-0.4, -0.2) is 48.1 Å². The fourth-order valence-corrected chi connectivity index (χ4v) is 4.14. The van der Waals surface area contributed by atoms with Crippen LogP contribution in [0.2, 0.25) is 0 Å². The molecule has 0 saturated carbocycles. The number of fused-ring (bicyclic) bond motifs is 2. The lowest BCUT2D eigenvalue weighted by atomic mass is 10.1. The van der Waals surface area contributed by atoms with Crippen molar-refractivity contribution in [2.45, 2.75) is 37.8 Å². The maximum Gasteiger partial charge on any atom is 0.0224 e. The summed E-state index contributed by atoms with van der Waals surface area (Å²) in [5.41, 5.74) is 3.19. The van der Waals surface area contributed by atoms with E-state index in [1.165, 1.54) is 51.9 Å². The number of nitrogens with zero attached hydrogens (tertiary/aromatic N) is 2. The maximum absolute atomic E-state index is 2.77. The van der Waals surface area contributed by atoms with Crippen LogP contribution >= 0.6 is 0 Å². The second kappa shape index (κ2) is 4.36. The molecule has 0 aromatic heterocycles. The molecule has 2 nitrogen and oxygen atoms in total. The lowest BCUT2D eigenvalue weighted by Gasteiger charge is -2.40.